The molecule has 1 aromatic carbocycles. The highest BCUT2D eigenvalue weighted by molar-refractivity contribution is 5.76. The number of rotatable bonds is 6. The Labute approximate surface area is 141 Å². The van der Waals surface area contributed by atoms with Crippen molar-refractivity contribution in [3.63, 3.8) is 0 Å². The minimum Gasteiger partial charge on any atom is -0.341 e. The van der Waals surface area contributed by atoms with Crippen LogP contribution in [-0.4, -0.2) is 37.4 Å². The van der Waals surface area contributed by atoms with Crippen LogP contribution >= 0.6 is 0 Å². The van der Waals surface area contributed by atoms with Gasteiger partial charge in [0.15, 0.2) is 0 Å². The van der Waals surface area contributed by atoms with Crippen molar-refractivity contribution in [3.05, 3.63) is 66.7 Å². The molecule has 6 heteroatoms. The molecule has 3 rings (SSSR count). The molecule has 124 valence electrons. The van der Waals surface area contributed by atoms with Crippen LogP contribution in [0.5, 0.6) is 0 Å². The van der Waals surface area contributed by atoms with Crippen molar-refractivity contribution in [2.45, 2.75) is 25.9 Å². The highest BCUT2D eigenvalue weighted by atomic mass is 16.2. The zero-order valence-electron chi connectivity index (χ0n) is 13.9. The fourth-order valence-electron chi connectivity index (χ4n) is 2.58. The molecule has 0 saturated carbocycles. The molecule has 0 unspecified atom stereocenters. The molecule has 1 amide bonds. The van der Waals surface area contributed by atoms with Crippen LogP contribution in [0, 0.1) is 0 Å². The van der Waals surface area contributed by atoms with Crippen LogP contribution in [-0.2, 0) is 11.3 Å². The number of benzene rings is 1. The average Bonchev–Trinajstić information content (AvgIpc) is 3.29. The molecular weight excluding hydrogens is 302 g/mol. The van der Waals surface area contributed by atoms with Crippen LogP contribution in [0.1, 0.15) is 24.9 Å². The molecule has 2 heterocycles. The van der Waals surface area contributed by atoms with Crippen LogP contribution in [0.3, 0.4) is 0 Å². The number of aromatic nitrogens is 4. The van der Waals surface area contributed by atoms with E-state index in [1.165, 1.54) is 0 Å². The quantitative estimate of drug-likeness (QED) is 0.701. The molecule has 6 nitrogen and oxygen atoms in total. The SMILES string of the molecule is C[C@@H](CC(=O)N(C)Cc1ccc(-n2cccn2)cc1)n1cccn1. The lowest BCUT2D eigenvalue weighted by Crippen LogP contribution is -2.28. The van der Waals surface area contributed by atoms with Gasteiger partial charge in [-0.05, 0) is 36.8 Å². The van der Waals surface area contributed by atoms with E-state index in [1.807, 2.05) is 72.1 Å². The summed E-state index contributed by atoms with van der Waals surface area (Å²) in [5.74, 6) is 0.106. The van der Waals surface area contributed by atoms with Gasteiger partial charge in [0.2, 0.25) is 5.91 Å². The smallest absolute Gasteiger partial charge is 0.224 e. The van der Waals surface area contributed by atoms with E-state index in [2.05, 4.69) is 10.2 Å². The predicted octanol–water partition coefficient (Wildman–Crippen LogP) is 2.68. The summed E-state index contributed by atoms with van der Waals surface area (Å²) < 4.78 is 3.62. The van der Waals surface area contributed by atoms with Crippen molar-refractivity contribution in [2.24, 2.45) is 0 Å². The standard InChI is InChI=1S/C18H21N5O/c1-15(22-11-3-9-19-22)13-18(24)21(2)14-16-5-7-17(8-6-16)23-12-4-10-20-23/h3-12,15H,13-14H2,1-2H3/t15-/m0/s1. The van der Waals surface area contributed by atoms with Gasteiger partial charge in [-0.3, -0.25) is 9.48 Å². The maximum absolute atomic E-state index is 12.4. The van der Waals surface area contributed by atoms with Gasteiger partial charge in [-0.1, -0.05) is 12.1 Å². The summed E-state index contributed by atoms with van der Waals surface area (Å²) in [6.07, 6.45) is 7.70. The van der Waals surface area contributed by atoms with Crippen molar-refractivity contribution in [1.82, 2.24) is 24.5 Å². The van der Waals surface area contributed by atoms with Crippen molar-refractivity contribution < 1.29 is 4.79 Å². The topological polar surface area (TPSA) is 56.0 Å². The fraction of sp³-hybridized carbons (Fsp3) is 0.278. The van der Waals surface area contributed by atoms with Crippen LogP contribution < -0.4 is 0 Å². The third-order valence-corrected chi connectivity index (χ3v) is 4.00. The van der Waals surface area contributed by atoms with E-state index in [9.17, 15) is 4.79 Å². The molecule has 0 saturated heterocycles. The van der Waals surface area contributed by atoms with Gasteiger partial charge in [0.25, 0.3) is 0 Å². The summed E-state index contributed by atoms with van der Waals surface area (Å²) in [5.41, 5.74) is 2.10. The summed E-state index contributed by atoms with van der Waals surface area (Å²) in [4.78, 5) is 14.1. The first-order valence-corrected chi connectivity index (χ1v) is 7.95. The predicted molar refractivity (Wildman–Crippen MR) is 91.6 cm³/mol. The van der Waals surface area contributed by atoms with E-state index in [0.29, 0.717) is 13.0 Å². The van der Waals surface area contributed by atoms with Gasteiger partial charge < -0.3 is 4.90 Å². The Morgan fingerprint density at radius 3 is 2.46 bits per heavy atom. The Hall–Kier alpha value is -2.89. The Morgan fingerprint density at radius 1 is 1.12 bits per heavy atom. The van der Waals surface area contributed by atoms with Crippen LogP contribution in [0.15, 0.2) is 61.2 Å². The summed E-state index contributed by atoms with van der Waals surface area (Å²) in [6, 6.07) is 11.9. The largest absolute Gasteiger partial charge is 0.341 e. The lowest BCUT2D eigenvalue weighted by Gasteiger charge is -2.20. The molecule has 1 atom stereocenters. The molecule has 24 heavy (non-hydrogen) atoms. The van der Waals surface area contributed by atoms with Gasteiger partial charge in [0, 0.05) is 44.8 Å². The van der Waals surface area contributed by atoms with Gasteiger partial charge in [0.1, 0.15) is 0 Å². The molecule has 0 aliphatic carbocycles. The van der Waals surface area contributed by atoms with E-state index >= 15 is 0 Å². The maximum Gasteiger partial charge on any atom is 0.224 e. The molecule has 0 bridgehead atoms. The Kier molecular flexibility index (Phi) is 4.74. The highest BCUT2D eigenvalue weighted by Gasteiger charge is 2.15. The van der Waals surface area contributed by atoms with Crippen molar-refractivity contribution in [2.75, 3.05) is 7.05 Å². The Balaban J connectivity index is 1.57. The monoisotopic (exact) mass is 323 g/mol. The fourth-order valence-corrected chi connectivity index (χ4v) is 2.58. The number of nitrogens with zero attached hydrogens (tertiary/aromatic N) is 5. The van der Waals surface area contributed by atoms with E-state index in [0.717, 1.165) is 11.3 Å². The molecule has 0 radical (unpaired) electrons. The zero-order valence-corrected chi connectivity index (χ0v) is 13.9. The first kappa shape index (κ1) is 16.0. The van der Waals surface area contributed by atoms with Crippen molar-refractivity contribution in [1.29, 1.82) is 0 Å². The highest BCUT2D eigenvalue weighted by Crippen LogP contribution is 2.14. The van der Waals surface area contributed by atoms with Gasteiger partial charge in [-0.25, -0.2) is 4.68 Å². The summed E-state index contributed by atoms with van der Waals surface area (Å²) in [5, 5.41) is 8.39. The number of hydrogen-bond acceptors (Lipinski definition) is 3. The number of carbonyl (C=O) groups is 1. The van der Waals surface area contributed by atoms with Gasteiger partial charge in [0.05, 0.1) is 11.7 Å². The number of carbonyl (C=O) groups excluding carboxylic acids is 1. The lowest BCUT2D eigenvalue weighted by molar-refractivity contribution is -0.131. The summed E-state index contributed by atoms with van der Waals surface area (Å²) >= 11 is 0. The number of hydrogen-bond donors (Lipinski definition) is 0. The van der Waals surface area contributed by atoms with Crippen molar-refractivity contribution >= 4 is 5.91 Å². The molecule has 0 aliphatic heterocycles. The van der Waals surface area contributed by atoms with Crippen molar-refractivity contribution in [3.8, 4) is 5.69 Å². The Bertz CT molecular complexity index is 762. The summed E-state index contributed by atoms with van der Waals surface area (Å²) in [6.45, 7) is 2.58. The molecule has 0 aliphatic rings. The summed E-state index contributed by atoms with van der Waals surface area (Å²) in [7, 11) is 1.83. The first-order valence-electron chi connectivity index (χ1n) is 7.95. The van der Waals surface area contributed by atoms with Gasteiger partial charge >= 0.3 is 0 Å². The Morgan fingerprint density at radius 2 is 1.83 bits per heavy atom. The molecule has 3 aromatic rings. The van der Waals surface area contributed by atoms with Gasteiger partial charge in [-0.15, -0.1) is 0 Å². The second-order valence-electron chi connectivity index (χ2n) is 5.91. The van der Waals surface area contributed by atoms with Crippen LogP contribution in [0.25, 0.3) is 5.69 Å². The number of amides is 1. The minimum absolute atomic E-state index is 0.0529. The van der Waals surface area contributed by atoms with E-state index < -0.39 is 0 Å². The molecule has 0 fully saturated rings. The average molecular weight is 323 g/mol. The van der Waals surface area contributed by atoms with E-state index in [-0.39, 0.29) is 11.9 Å². The molecule has 0 N–H and O–H groups in total. The first-order chi connectivity index (χ1) is 11.6. The normalized spacial score (nSPS) is 12.1. The molecule has 0 spiro atoms. The van der Waals surface area contributed by atoms with Crippen LogP contribution in [0.2, 0.25) is 0 Å². The van der Waals surface area contributed by atoms with E-state index in [1.54, 1.807) is 17.3 Å². The van der Waals surface area contributed by atoms with E-state index in [4.69, 9.17) is 0 Å². The third kappa shape index (κ3) is 3.71. The second-order valence-corrected chi connectivity index (χ2v) is 5.91. The zero-order chi connectivity index (χ0) is 16.9. The molecular formula is C18H21N5O. The minimum atomic E-state index is 0.0529. The molecule has 2 aromatic heterocycles. The lowest BCUT2D eigenvalue weighted by atomic mass is 10.1. The van der Waals surface area contributed by atoms with Gasteiger partial charge in [-0.2, -0.15) is 10.2 Å². The second kappa shape index (κ2) is 7.12. The maximum atomic E-state index is 12.4. The van der Waals surface area contributed by atoms with Crippen LogP contribution in [0.4, 0.5) is 0 Å². The third-order valence-electron chi connectivity index (χ3n) is 4.00.